The summed E-state index contributed by atoms with van der Waals surface area (Å²) in [6, 6.07) is 13.3. The average Bonchev–Trinajstić information content (AvgIpc) is 2.87. The molecule has 0 aromatic heterocycles. The summed E-state index contributed by atoms with van der Waals surface area (Å²) in [5.74, 6) is -2.65. The van der Waals surface area contributed by atoms with Crippen LogP contribution in [0.15, 0.2) is 42.5 Å². The van der Waals surface area contributed by atoms with Gasteiger partial charge in [0.15, 0.2) is 6.29 Å². The lowest BCUT2D eigenvalue weighted by molar-refractivity contribution is -0.171. The van der Waals surface area contributed by atoms with E-state index in [1.807, 2.05) is 18.2 Å². The molecular formula is C27H32F2N2O4. The number of anilines is 1. The van der Waals surface area contributed by atoms with Crippen LogP contribution in [-0.4, -0.2) is 45.3 Å². The highest BCUT2D eigenvalue weighted by Crippen LogP contribution is 2.37. The number of ether oxygens (including phenoxy) is 4. The van der Waals surface area contributed by atoms with Gasteiger partial charge in [-0.3, -0.25) is 0 Å². The summed E-state index contributed by atoms with van der Waals surface area (Å²) in [6.45, 7) is 4.45. The fourth-order valence-electron chi connectivity index (χ4n) is 4.41. The number of nitrogens with zero attached hydrogens (tertiary/aromatic N) is 2. The summed E-state index contributed by atoms with van der Waals surface area (Å²) >= 11 is 0. The molecule has 2 aliphatic rings. The summed E-state index contributed by atoms with van der Waals surface area (Å²) in [4.78, 5) is 2.28. The van der Waals surface area contributed by atoms with E-state index in [1.165, 1.54) is 18.2 Å². The molecule has 0 amide bonds. The van der Waals surface area contributed by atoms with Crippen LogP contribution in [0.2, 0.25) is 0 Å². The molecule has 0 spiro atoms. The number of piperidine rings is 1. The quantitative estimate of drug-likeness (QED) is 0.406. The Bertz CT molecular complexity index is 990. The van der Waals surface area contributed by atoms with Gasteiger partial charge in [-0.2, -0.15) is 5.26 Å². The Hall–Kier alpha value is -2.73. The Morgan fingerprint density at radius 1 is 1.03 bits per heavy atom. The van der Waals surface area contributed by atoms with E-state index in [0.29, 0.717) is 19.0 Å². The molecule has 0 radical (unpaired) electrons. The van der Waals surface area contributed by atoms with Gasteiger partial charge in [0.2, 0.25) is 0 Å². The number of hydrogen-bond donors (Lipinski definition) is 0. The van der Waals surface area contributed by atoms with Gasteiger partial charge in [-0.1, -0.05) is 0 Å². The highest BCUT2D eigenvalue weighted by Gasteiger charge is 2.29. The van der Waals surface area contributed by atoms with Crippen molar-refractivity contribution in [2.45, 2.75) is 57.3 Å². The zero-order chi connectivity index (χ0) is 24.7. The fraction of sp³-hybridized carbons (Fsp3) is 0.519. The molecule has 2 aromatic carbocycles. The molecule has 4 rings (SSSR count). The molecule has 0 bridgehead atoms. The maximum absolute atomic E-state index is 14.0. The molecule has 2 heterocycles. The monoisotopic (exact) mass is 486 g/mol. The summed E-state index contributed by atoms with van der Waals surface area (Å²) in [5, 5.41) is 9.12. The fourth-order valence-corrected chi connectivity index (χ4v) is 4.41. The van der Waals surface area contributed by atoms with Crippen molar-refractivity contribution in [2.75, 3.05) is 37.8 Å². The van der Waals surface area contributed by atoms with Crippen molar-refractivity contribution >= 4 is 5.69 Å². The molecule has 2 saturated heterocycles. The molecule has 188 valence electrons. The second kappa shape index (κ2) is 11.8. The van der Waals surface area contributed by atoms with E-state index in [-0.39, 0.29) is 29.3 Å². The Balaban J connectivity index is 1.25. The predicted molar refractivity (Wildman–Crippen MR) is 128 cm³/mol. The molecule has 0 aliphatic carbocycles. The van der Waals surface area contributed by atoms with E-state index in [1.54, 1.807) is 12.1 Å². The van der Waals surface area contributed by atoms with Crippen molar-refractivity contribution in [3.8, 4) is 17.6 Å². The van der Waals surface area contributed by atoms with Gasteiger partial charge >= 0.3 is 0 Å². The normalized spacial score (nSPS) is 19.4. The van der Waals surface area contributed by atoms with Crippen molar-refractivity contribution in [2.24, 2.45) is 0 Å². The highest BCUT2D eigenvalue weighted by molar-refractivity contribution is 5.51. The molecular weight excluding hydrogens is 454 g/mol. The van der Waals surface area contributed by atoms with Crippen molar-refractivity contribution < 1.29 is 27.7 Å². The number of hydrogen-bond acceptors (Lipinski definition) is 6. The minimum Gasteiger partial charge on any atom is -0.457 e. The molecule has 2 fully saturated rings. The molecule has 2 aliphatic heterocycles. The lowest BCUT2D eigenvalue weighted by Crippen LogP contribution is -2.37. The summed E-state index contributed by atoms with van der Waals surface area (Å²) in [5.41, 5.74) is 1.06. The molecule has 6 nitrogen and oxygen atoms in total. The van der Waals surface area contributed by atoms with Crippen LogP contribution in [0.25, 0.3) is 0 Å². The van der Waals surface area contributed by atoms with Crippen LogP contribution in [0.5, 0.6) is 11.5 Å². The zero-order valence-electron chi connectivity index (χ0n) is 20.1. The first-order chi connectivity index (χ1) is 16.9. The third-order valence-corrected chi connectivity index (χ3v) is 6.33. The molecule has 1 atom stereocenters. The molecule has 0 N–H and O–H groups in total. The molecule has 1 unspecified atom stereocenters. The maximum Gasteiger partial charge on any atom is 0.274 e. The van der Waals surface area contributed by atoms with E-state index < -0.39 is 5.92 Å². The van der Waals surface area contributed by atoms with Crippen LogP contribution >= 0.6 is 0 Å². The van der Waals surface area contributed by atoms with Crippen molar-refractivity contribution in [1.29, 1.82) is 5.26 Å². The second-order valence-electron chi connectivity index (χ2n) is 9.03. The minimum absolute atomic E-state index is 0.0127. The van der Waals surface area contributed by atoms with Crippen LogP contribution in [-0.2, 0) is 20.1 Å². The van der Waals surface area contributed by atoms with Gasteiger partial charge in [0, 0.05) is 32.3 Å². The largest absolute Gasteiger partial charge is 0.457 e. The first kappa shape index (κ1) is 25.4. The van der Waals surface area contributed by atoms with Gasteiger partial charge in [0.25, 0.3) is 5.92 Å². The van der Waals surface area contributed by atoms with E-state index in [2.05, 4.69) is 4.90 Å². The molecule has 0 saturated carbocycles. The maximum atomic E-state index is 14.0. The van der Waals surface area contributed by atoms with Gasteiger partial charge in [-0.25, -0.2) is 8.78 Å². The third kappa shape index (κ3) is 7.14. The minimum atomic E-state index is -3.08. The number of nitriles is 1. The van der Waals surface area contributed by atoms with Crippen LogP contribution < -0.4 is 9.64 Å². The smallest absolute Gasteiger partial charge is 0.274 e. The van der Waals surface area contributed by atoms with Crippen LogP contribution in [0.4, 0.5) is 14.5 Å². The Kier molecular flexibility index (Phi) is 8.55. The standard InChI is InChI=1S/C27H32F2N2O4/c1-27(28,29)24-10-5-20(19-30)18-25(24)35-23-8-6-21(7-9-23)31-13-11-22(12-14-31)32-16-17-34-26-4-2-3-15-33-26/h5-10,18,22,26H,2-4,11-17H2,1H3. The first-order valence-corrected chi connectivity index (χ1v) is 12.2. The third-order valence-electron chi connectivity index (χ3n) is 6.33. The highest BCUT2D eigenvalue weighted by atomic mass is 19.3. The van der Waals surface area contributed by atoms with Gasteiger partial charge in [0.05, 0.1) is 36.5 Å². The second-order valence-corrected chi connectivity index (χ2v) is 9.03. The summed E-state index contributed by atoms with van der Waals surface area (Å²) in [7, 11) is 0. The average molecular weight is 487 g/mol. The lowest BCUT2D eigenvalue weighted by atomic mass is 10.1. The van der Waals surface area contributed by atoms with E-state index in [0.717, 1.165) is 64.4 Å². The van der Waals surface area contributed by atoms with Crippen molar-refractivity contribution in [3.05, 3.63) is 53.6 Å². The van der Waals surface area contributed by atoms with Gasteiger partial charge in [-0.05, 0) is 74.6 Å². The Morgan fingerprint density at radius 3 is 2.43 bits per heavy atom. The van der Waals surface area contributed by atoms with Crippen LogP contribution in [0.3, 0.4) is 0 Å². The molecule has 2 aromatic rings. The zero-order valence-corrected chi connectivity index (χ0v) is 20.1. The predicted octanol–water partition coefficient (Wildman–Crippen LogP) is 5.99. The van der Waals surface area contributed by atoms with Gasteiger partial charge in [-0.15, -0.1) is 0 Å². The lowest BCUT2D eigenvalue weighted by Gasteiger charge is -2.33. The van der Waals surface area contributed by atoms with Crippen molar-refractivity contribution in [3.63, 3.8) is 0 Å². The topological polar surface area (TPSA) is 64.0 Å². The Morgan fingerprint density at radius 2 is 1.77 bits per heavy atom. The van der Waals surface area contributed by atoms with E-state index in [9.17, 15) is 8.78 Å². The van der Waals surface area contributed by atoms with E-state index in [4.69, 9.17) is 24.2 Å². The number of benzene rings is 2. The van der Waals surface area contributed by atoms with Gasteiger partial charge in [0.1, 0.15) is 11.5 Å². The van der Waals surface area contributed by atoms with Crippen molar-refractivity contribution in [1.82, 2.24) is 0 Å². The number of alkyl halides is 2. The summed E-state index contributed by atoms with van der Waals surface area (Å²) < 4.78 is 51.0. The number of halogens is 2. The SMILES string of the molecule is CC(F)(F)c1ccc(C#N)cc1Oc1ccc(N2CCC(OCCOC3CCCCO3)CC2)cc1. The molecule has 35 heavy (non-hydrogen) atoms. The van der Waals surface area contributed by atoms with Crippen LogP contribution in [0.1, 0.15) is 50.2 Å². The first-order valence-electron chi connectivity index (χ1n) is 12.2. The number of rotatable bonds is 9. The molecule has 8 heteroatoms. The van der Waals surface area contributed by atoms with Crippen LogP contribution in [0, 0.1) is 11.3 Å². The summed E-state index contributed by atoms with van der Waals surface area (Å²) in [6.07, 6.45) is 5.21. The van der Waals surface area contributed by atoms with E-state index >= 15 is 0 Å². The van der Waals surface area contributed by atoms with Gasteiger partial charge < -0.3 is 23.8 Å². The Labute approximate surface area is 205 Å².